The molecule has 0 amide bonds. The molecular formula is C13H20O5Ti. The van der Waals surface area contributed by atoms with Crippen molar-refractivity contribution in [2.75, 3.05) is 7.11 Å². The Labute approximate surface area is 121 Å². The molecule has 0 atom stereocenters. The molecule has 1 aliphatic rings. The second-order valence-electron chi connectivity index (χ2n) is 4.59. The summed E-state index contributed by atoms with van der Waals surface area (Å²) in [6.07, 6.45) is 0. The van der Waals surface area contributed by atoms with Crippen molar-refractivity contribution in [3.8, 4) is 0 Å². The predicted octanol–water partition coefficient (Wildman–Crippen LogP) is 1.41. The van der Waals surface area contributed by atoms with Crippen LogP contribution < -0.4 is 5.11 Å². The summed E-state index contributed by atoms with van der Waals surface area (Å²) in [5.41, 5.74) is 3.32. The van der Waals surface area contributed by atoms with Gasteiger partial charge in [-0.05, 0) is 0 Å². The zero-order chi connectivity index (χ0) is 15.2. The molecule has 0 aliphatic heterocycles. The van der Waals surface area contributed by atoms with Gasteiger partial charge in [-0.25, -0.2) is 0 Å². The monoisotopic (exact) mass is 304 g/mol. The van der Waals surface area contributed by atoms with Gasteiger partial charge in [0, 0.05) is 0 Å². The van der Waals surface area contributed by atoms with E-state index >= 15 is 0 Å². The normalized spacial score (nSPS) is 16.6. The van der Waals surface area contributed by atoms with E-state index in [1.165, 1.54) is 11.1 Å². The maximum Gasteiger partial charge on any atom is -0.153 e. The van der Waals surface area contributed by atoms with Gasteiger partial charge in [0.15, 0.2) is 0 Å². The molecule has 0 fully saturated rings. The van der Waals surface area contributed by atoms with Crippen LogP contribution >= 0.6 is 0 Å². The summed E-state index contributed by atoms with van der Waals surface area (Å²) in [4.78, 5) is 21.0. The molecule has 0 aromatic carbocycles. The average Bonchev–Trinajstić information content (AvgIpc) is 2.53. The van der Waals surface area contributed by atoms with Crippen molar-refractivity contribution < 1.29 is 40.0 Å². The van der Waals surface area contributed by atoms with E-state index in [1.54, 1.807) is 0 Å². The van der Waals surface area contributed by atoms with Crippen LogP contribution in [0.15, 0.2) is 20.6 Å². The van der Waals surface area contributed by atoms with E-state index in [2.05, 4.69) is 20.8 Å². The summed E-state index contributed by atoms with van der Waals surface area (Å²) >= 11 is -2.75. The van der Waals surface area contributed by atoms with Crippen LogP contribution in [0.2, 0.25) is 0 Å². The SMILES string of the molecule is CC1=C(C)C(C)(C)[C]([Ti+]([O]C=O)[O]C=O)=C1C.C[O-]. The summed E-state index contributed by atoms with van der Waals surface area (Å²) in [5, 5.41) is 8.25. The number of hydrogen-bond donors (Lipinski definition) is 0. The molecule has 0 saturated carbocycles. The molecule has 0 unspecified atom stereocenters. The van der Waals surface area contributed by atoms with Crippen molar-refractivity contribution in [3.05, 3.63) is 20.6 Å². The van der Waals surface area contributed by atoms with Crippen LogP contribution in [0, 0.1) is 5.41 Å². The maximum absolute atomic E-state index is 10.5. The molecular weight excluding hydrogens is 284 g/mol. The molecule has 0 radical (unpaired) electrons. The molecule has 0 saturated heterocycles. The fourth-order valence-corrected chi connectivity index (χ4v) is 4.82. The first-order valence-corrected chi connectivity index (χ1v) is 7.82. The number of allylic oxidation sites excluding steroid dienone is 4. The Bertz CT molecular complexity index is 399. The fourth-order valence-electron chi connectivity index (χ4n) is 2.24. The van der Waals surface area contributed by atoms with E-state index in [0.29, 0.717) is 12.9 Å². The van der Waals surface area contributed by atoms with E-state index in [-0.39, 0.29) is 5.41 Å². The molecule has 1 aliphatic carbocycles. The minimum atomic E-state index is -2.75. The second kappa shape index (κ2) is 7.63. The quantitative estimate of drug-likeness (QED) is 0.567. The van der Waals surface area contributed by atoms with Gasteiger partial charge < -0.3 is 5.11 Å². The van der Waals surface area contributed by atoms with Gasteiger partial charge >= 0.3 is 108 Å². The number of rotatable bonds is 5. The first-order chi connectivity index (χ1) is 8.87. The van der Waals surface area contributed by atoms with Gasteiger partial charge in [-0.1, -0.05) is 0 Å². The molecule has 5 nitrogen and oxygen atoms in total. The third-order valence-corrected chi connectivity index (χ3v) is 6.75. The van der Waals surface area contributed by atoms with Crippen LogP contribution in [-0.4, -0.2) is 20.1 Å². The molecule has 0 N–H and O–H groups in total. The molecule has 1 rings (SSSR count). The minimum Gasteiger partial charge on any atom is -0.857 e. The number of carbonyl (C=O) groups excluding carboxylic acids is 2. The fraction of sp³-hybridized carbons (Fsp3) is 0.538. The Morgan fingerprint density at radius 1 is 1.00 bits per heavy atom. The Morgan fingerprint density at radius 3 is 1.68 bits per heavy atom. The van der Waals surface area contributed by atoms with E-state index in [1.807, 2.05) is 13.8 Å². The van der Waals surface area contributed by atoms with Crippen molar-refractivity contribution in [1.82, 2.24) is 0 Å². The zero-order valence-corrected chi connectivity index (χ0v) is 13.8. The smallest absolute Gasteiger partial charge is 0.153 e. The van der Waals surface area contributed by atoms with E-state index < -0.39 is 18.6 Å². The molecule has 19 heavy (non-hydrogen) atoms. The van der Waals surface area contributed by atoms with Crippen LogP contribution in [0.5, 0.6) is 0 Å². The Kier molecular flexibility index (Phi) is 7.26. The van der Waals surface area contributed by atoms with Gasteiger partial charge in [0.2, 0.25) is 0 Å². The minimum absolute atomic E-state index is 0.199. The van der Waals surface area contributed by atoms with Crippen LogP contribution in [0.25, 0.3) is 0 Å². The number of carbonyl (C=O) groups is 2. The standard InChI is InChI=1S/C10H15.2CH2O2.CH3O.Ti/c1-7-6-10(4,5)9(3)8(7)2;2*2-1-3;1-2;/h1-5H3;2*1H,(H,2,3);1H3;/q;;;-1;+3/p-2. The van der Waals surface area contributed by atoms with E-state index in [4.69, 9.17) is 11.7 Å². The predicted molar refractivity (Wildman–Crippen MR) is 65.1 cm³/mol. The van der Waals surface area contributed by atoms with E-state index in [9.17, 15) is 9.59 Å². The van der Waals surface area contributed by atoms with Crippen molar-refractivity contribution in [3.63, 3.8) is 0 Å². The molecule has 0 aromatic heterocycles. The van der Waals surface area contributed by atoms with Gasteiger partial charge in [0.05, 0.1) is 0 Å². The van der Waals surface area contributed by atoms with Crippen molar-refractivity contribution in [2.24, 2.45) is 5.41 Å². The van der Waals surface area contributed by atoms with Gasteiger partial charge in [-0.2, -0.15) is 7.11 Å². The van der Waals surface area contributed by atoms with Crippen LogP contribution in [0.4, 0.5) is 0 Å². The summed E-state index contributed by atoms with van der Waals surface area (Å²) in [5.74, 6) is 0. The topological polar surface area (TPSA) is 75.7 Å². The van der Waals surface area contributed by atoms with Crippen molar-refractivity contribution in [1.29, 1.82) is 0 Å². The van der Waals surface area contributed by atoms with E-state index in [0.717, 1.165) is 16.6 Å². The zero-order valence-electron chi connectivity index (χ0n) is 12.2. The van der Waals surface area contributed by atoms with Gasteiger partial charge in [0.25, 0.3) is 0 Å². The van der Waals surface area contributed by atoms with Crippen LogP contribution in [0.1, 0.15) is 34.6 Å². The Balaban J connectivity index is 0.00000154. The van der Waals surface area contributed by atoms with Crippen LogP contribution in [0.3, 0.4) is 0 Å². The number of hydrogen-bond acceptors (Lipinski definition) is 5. The largest absolute Gasteiger partial charge is 0.857 e. The molecule has 0 aromatic rings. The summed E-state index contributed by atoms with van der Waals surface area (Å²) in [6, 6.07) is 0. The first-order valence-electron chi connectivity index (χ1n) is 5.76. The molecule has 0 spiro atoms. The van der Waals surface area contributed by atoms with Gasteiger partial charge in [-0.15, -0.1) is 0 Å². The molecule has 0 bridgehead atoms. The second-order valence-corrected chi connectivity index (χ2v) is 7.01. The molecule has 0 heterocycles. The van der Waals surface area contributed by atoms with Crippen LogP contribution in [-0.2, 0) is 34.9 Å². The average molecular weight is 304 g/mol. The van der Waals surface area contributed by atoms with Gasteiger partial charge in [0.1, 0.15) is 0 Å². The summed E-state index contributed by atoms with van der Waals surface area (Å²) in [7, 11) is 0.750. The van der Waals surface area contributed by atoms with Gasteiger partial charge in [-0.3, -0.25) is 0 Å². The summed E-state index contributed by atoms with van der Waals surface area (Å²) < 4.78 is 11.0. The summed E-state index contributed by atoms with van der Waals surface area (Å²) in [6.45, 7) is 11.0. The third-order valence-electron chi connectivity index (χ3n) is 3.58. The van der Waals surface area contributed by atoms with Crippen molar-refractivity contribution >= 4 is 12.9 Å². The van der Waals surface area contributed by atoms with Crippen molar-refractivity contribution in [2.45, 2.75) is 34.6 Å². The Morgan fingerprint density at radius 2 is 1.42 bits per heavy atom. The molecule has 6 heteroatoms. The molecule has 106 valence electrons. The third kappa shape index (κ3) is 3.56. The maximum atomic E-state index is 10.5. The Hall–Kier alpha value is -0.906. The first kappa shape index (κ1) is 18.1.